The van der Waals surface area contributed by atoms with Crippen LogP contribution in [0.4, 0.5) is 4.79 Å². The van der Waals surface area contributed by atoms with Crippen LogP contribution in [0.2, 0.25) is 0 Å². The fourth-order valence-corrected chi connectivity index (χ4v) is 4.22. The smallest absolute Gasteiger partial charge is 0.408 e. The molecule has 2 unspecified atom stereocenters. The molecule has 33 heavy (non-hydrogen) atoms. The van der Waals surface area contributed by atoms with Crippen molar-refractivity contribution >= 4 is 28.7 Å². The molecule has 2 amide bonds. The zero-order chi connectivity index (χ0) is 23.4. The number of esters is 1. The van der Waals surface area contributed by atoms with Crippen molar-refractivity contribution in [1.29, 1.82) is 0 Å². The van der Waals surface area contributed by atoms with Gasteiger partial charge in [-0.15, -0.1) is 0 Å². The second-order valence-electron chi connectivity index (χ2n) is 8.30. The summed E-state index contributed by atoms with van der Waals surface area (Å²) in [6.45, 7) is 2.40. The molecule has 1 heterocycles. The van der Waals surface area contributed by atoms with Crippen molar-refractivity contribution in [2.24, 2.45) is 0 Å². The van der Waals surface area contributed by atoms with Gasteiger partial charge in [0.2, 0.25) is 5.91 Å². The molecule has 0 radical (unpaired) electrons. The standard InChI is InChI=1S/C25H28N2O6/c1-2-32-23(28)12-13-26(19-10-11-19)24(29)22-14-20(15-27(22)25(30)31)33-16-18-8-5-7-17-6-3-4-9-21(17)18/h3-9,12-13,19-20,22H,2,10-11,14-16H2,1H3,(H,30,31). The predicted molar refractivity (Wildman–Crippen MR) is 121 cm³/mol. The van der Waals surface area contributed by atoms with Crippen molar-refractivity contribution in [3.8, 4) is 0 Å². The molecule has 2 aromatic carbocycles. The summed E-state index contributed by atoms with van der Waals surface area (Å²) in [6, 6.07) is 13.1. The first-order valence-corrected chi connectivity index (χ1v) is 11.2. The van der Waals surface area contributed by atoms with Crippen LogP contribution in [0, 0.1) is 0 Å². The van der Waals surface area contributed by atoms with Crippen molar-refractivity contribution in [1.82, 2.24) is 9.80 Å². The molecule has 0 bridgehead atoms. The first-order chi connectivity index (χ1) is 16.0. The van der Waals surface area contributed by atoms with Gasteiger partial charge in [0.15, 0.2) is 0 Å². The van der Waals surface area contributed by atoms with E-state index in [1.54, 1.807) is 6.92 Å². The molecular weight excluding hydrogens is 424 g/mol. The predicted octanol–water partition coefficient (Wildman–Crippen LogP) is 3.55. The van der Waals surface area contributed by atoms with Crippen molar-refractivity contribution in [2.75, 3.05) is 13.2 Å². The first kappa shape index (κ1) is 22.8. The van der Waals surface area contributed by atoms with E-state index in [0.29, 0.717) is 6.61 Å². The minimum atomic E-state index is -1.16. The Bertz CT molecular complexity index is 1060. The highest BCUT2D eigenvalue weighted by Gasteiger charge is 2.44. The van der Waals surface area contributed by atoms with Crippen LogP contribution in [0.3, 0.4) is 0 Å². The molecule has 2 aliphatic rings. The lowest BCUT2D eigenvalue weighted by Crippen LogP contribution is -2.46. The number of amides is 2. The van der Waals surface area contributed by atoms with Gasteiger partial charge in [-0.1, -0.05) is 42.5 Å². The van der Waals surface area contributed by atoms with Crippen molar-refractivity contribution < 1.29 is 29.0 Å². The minimum absolute atomic E-state index is 0.0190. The Morgan fingerprint density at radius 2 is 1.91 bits per heavy atom. The fourth-order valence-electron chi connectivity index (χ4n) is 4.22. The van der Waals surface area contributed by atoms with Crippen LogP contribution in [0.25, 0.3) is 10.8 Å². The topological polar surface area (TPSA) is 96.4 Å². The summed E-state index contributed by atoms with van der Waals surface area (Å²) in [7, 11) is 0. The molecular formula is C25H28N2O6. The number of fused-ring (bicyclic) bond motifs is 1. The molecule has 0 aromatic heterocycles. The zero-order valence-corrected chi connectivity index (χ0v) is 18.6. The Labute approximate surface area is 192 Å². The van der Waals surface area contributed by atoms with Gasteiger partial charge in [-0.2, -0.15) is 0 Å². The van der Waals surface area contributed by atoms with Crippen molar-refractivity contribution in [2.45, 2.75) is 51.0 Å². The van der Waals surface area contributed by atoms with Crippen LogP contribution < -0.4 is 0 Å². The second kappa shape index (κ2) is 10.0. The highest BCUT2D eigenvalue weighted by molar-refractivity contribution is 5.89. The zero-order valence-electron chi connectivity index (χ0n) is 18.6. The third kappa shape index (κ3) is 5.34. The van der Waals surface area contributed by atoms with E-state index in [1.165, 1.54) is 17.2 Å². The second-order valence-corrected chi connectivity index (χ2v) is 8.30. The summed E-state index contributed by atoms with van der Waals surface area (Å²) < 4.78 is 11.0. The minimum Gasteiger partial charge on any atom is -0.465 e. The summed E-state index contributed by atoms with van der Waals surface area (Å²) in [4.78, 5) is 39.5. The van der Waals surface area contributed by atoms with Crippen LogP contribution in [-0.2, 0) is 25.7 Å². The van der Waals surface area contributed by atoms with Crippen LogP contribution >= 0.6 is 0 Å². The van der Waals surface area contributed by atoms with Crippen LogP contribution in [-0.4, -0.2) is 64.2 Å². The third-order valence-electron chi connectivity index (χ3n) is 6.00. The normalized spacial score (nSPS) is 20.3. The van der Waals surface area contributed by atoms with Crippen molar-refractivity contribution in [3.05, 3.63) is 60.3 Å². The molecule has 8 nitrogen and oxygen atoms in total. The van der Waals surface area contributed by atoms with E-state index in [0.717, 1.165) is 34.1 Å². The molecule has 2 aromatic rings. The van der Waals surface area contributed by atoms with Crippen LogP contribution in [0.15, 0.2) is 54.7 Å². The molecule has 4 rings (SSSR count). The number of likely N-dealkylation sites (tertiary alicyclic amines) is 1. The average Bonchev–Trinajstić information content (AvgIpc) is 3.55. The van der Waals surface area contributed by atoms with Crippen LogP contribution in [0.1, 0.15) is 31.7 Å². The summed E-state index contributed by atoms with van der Waals surface area (Å²) in [5, 5.41) is 11.9. The Kier molecular flexibility index (Phi) is 6.93. The van der Waals surface area contributed by atoms with Gasteiger partial charge in [0.05, 0.1) is 25.9 Å². The maximum atomic E-state index is 13.3. The lowest BCUT2D eigenvalue weighted by atomic mass is 10.1. The number of carboxylic acid groups (broad SMARTS) is 1. The first-order valence-electron chi connectivity index (χ1n) is 11.2. The van der Waals surface area contributed by atoms with Crippen LogP contribution in [0.5, 0.6) is 0 Å². The number of hydrogen-bond donors (Lipinski definition) is 1. The van der Waals surface area contributed by atoms with Gasteiger partial charge >= 0.3 is 12.1 Å². The van der Waals surface area contributed by atoms with Gasteiger partial charge in [0.25, 0.3) is 0 Å². The van der Waals surface area contributed by atoms with E-state index in [-0.39, 0.29) is 31.5 Å². The highest BCUT2D eigenvalue weighted by Crippen LogP contribution is 2.31. The summed E-state index contributed by atoms with van der Waals surface area (Å²) >= 11 is 0. The molecule has 1 N–H and O–H groups in total. The van der Waals surface area contributed by atoms with E-state index in [9.17, 15) is 19.5 Å². The number of benzene rings is 2. The number of carbonyl (C=O) groups excluding carboxylic acids is 2. The van der Waals surface area contributed by atoms with Gasteiger partial charge in [0, 0.05) is 24.7 Å². The molecule has 2 fully saturated rings. The summed E-state index contributed by atoms with van der Waals surface area (Å²) in [6.07, 6.45) is 2.99. The highest BCUT2D eigenvalue weighted by atomic mass is 16.5. The van der Waals surface area contributed by atoms with E-state index in [1.807, 2.05) is 42.5 Å². The van der Waals surface area contributed by atoms with E-state index in [4.69, 9.17) is 9.47 Å². The Hall–Kier alpha value is -3.39. The Balaban J connectivity index is 1.45. The SMILES string of the molecule is CCOC(=O)C=CN(C(=O)C1CC(OCc2cccc3ccccc23)CN1C(=O)O)C1CC1. The van der Waals surface area contributed by atoms with Gasteiger partial charge in [0.1, 0.15) is 6.04 Å². The molecule has 0 spiro atoms. The largest absolute Gasteiger partial charge is 0.465 e. The van der Waals surface area contributed by atoms with Gasteiger partial charge in [-0.05, 0) is 36.1 Å². The molecule has 8 heteroatoms. The monoisotopic (exact) mass is 452 g/mol. The molecule has 1 saturated carbocycles. The molecule has 1 saturated heterocycles. The summed E-state index contributed by atoms with van der Waals surface area (Å²) in [5.74, 6) is -0.870. The maximum Gasteiger partial charge on any atom is 0.408 e. The van der Waals surface area contributed by atoms with E-state index in [2.05, 4.69) is 0 Å². The van der Waals surface area contributed by atoms with Crippen molar-refractivity contribution in [3.63, 3.8) is 0 Å². The number of nitrogens with zero attached hydrogens (tertiary/aromatic N) is 2. The Morgan fingerprint density at radius 3 is 2.64 bits per heavy atom. The molecule has 1 aliphatic heterocycles. The lowest BCUT2D eigenvalue weighted by molar-refractivity contribution is -0.137. The number of rotatable bonds is 8. The summed E-state index contributed by atoms with van der Waals surface area (Å²) in [5.41, 5.74) is 1.02. The van der Waals surface area contributed by atoms with Gasteiger partial charge in [-0.25, -0.2) is 9.59 Å². The maximum absolute atomic E-state index is 13.3. The number of hydrogen-bond acceptors (Lipinski definition) is 5. The molecule has 2 atom stereocenters. The third-order valence-corrected chi connectivity index (χ3v) is 6.00. The lowest BCUT2D eigenvalue weighted by Gasteiger charge is -2.26. The van der Waals surface area contributed by atoms with Gasteiger partial charge < -0.3 is 19.5 Å². The fraction of sp³-hybridized carbons (Fsp3) is 0.400. The number of ether oxygens (including phenoxy) is 2. The average molecular weight is 453 g/mol. The molecule has 174 valence electrons. The Morgan fingerprint density at radius 1 is 1.15 bits per heavy atom. The van der Waals surface area contributed by atoms with E-state index >= 15 is 0 Å². The quantitative estimate of drug-likeness (QED) is 0.486. The van der Waals surface area contributed by atoms with E-state index < -0.39 is 24.2 Å². The molecule has 1 aliphatic carbocycles. The van der Waals surface area contributed by atoms with Gasteiger partial charge in [-0.3, -0.25) is 9.69 Å². The number of carbonyl (C=O) groups is 3.